The van der Waals surface area contributed by atoms with E-state index < -0.39 is 0 Å². The summed E-state index contributed by atoms with van der Waals surface area (Å²) in [5, 5.41) is 0. The number of aryl methyl sites for hydroxylation is 1. The molecular formula is C22H23NO. The zero-order valence-corrected chi connectivity index (χ0v) is 14.3. The van der Waals surface area contributed by atoms with Gasteiger partial charge < -0.3 is 5.73 Å². The van der Waals surface area contributed by atoms with E-state index in [2.05, 4.69) is 38.1 Å². The van der Waals surface area contributed by atoms with Crippen LogP contribution in [0.3, 0.4) is 0 Å². The maximum Gasteiger partial charge on any atom is 0.185 e. The fraction of sp³-hybridized carbons (Fsp3) is 0.227. The number of carbonyl (C=O) groups is 1. The van der Waals surface area contributed by atoms with Gasteiger partial charge in [0.15, 0.2) is 5.78 Å². The maximum atomic E-state index is 12.9. The van der Waals surface area contributed by atoms with E-state index in [0.717, 1.165) is 40.8 Å². The number of ketones is 1. The average molecular weight is 317 g/mol. The summed E-state index contributed by atoms with van der Waals surface area (Å²) in [5.74, 6) is 0.643. The van der Waals surface area contributed by atoms with Crippen LogP contribution in [0.2, 0.25) is 0 Å². The van der Waals surface area contributed by atoms with Crippen molar-refractivity contribution >= 4 is 23.6 Å². The molecule has 0 amide bonds. The minimum Gasteiger partial charge on any atom is -0.399 e. The highest BCUT2D eigenvalue weighted by molar-refractivity contribution is 6.14. The van der Waals surface area contributed by atoms with E-state index >= 15 is 0 Å². The first-order valence-electron chi connectivity index (χ1n) is 8.39. The predicted octanol–water partition coefficient (Wildman–Crippen LogP) is 5.04. The first kappa shape index (κ1) is 16.3. The molecule has 24 heavy (non-hydrogen) atoms. The quantitative estimate of drug-likeness (QED) is 0.622. The minimum atomic E-state index is 0.172. The molecule has 0 heterocycles. The Labute approximate surface area is 143 Å². The SMILES string of the molecule is Cc1ccc(C=C2CC(C)CC(=Cc3ccc(N)cc3)C2=O)cc1. The van der Waals surface area contributed by atoms with Crippen LogP contribution < -0.4 is 5.73 Å². The molecule has 2 nitrogen and oxygen atoms in total. The average Bonchev–Trinajstić information content (AvgIpc) is 2.56. The second-order valence-electron chi connectivity index (χ2n) is 6.76. The molecule has 0 aliphatic heterocycles. The van der Waals surface area contributed by atoms with Gasteiger partial charge in [0.05, 0.1) is 0 Å². The number of carbonyl (C=O) groups excluding carboxylic acids is 1. The minimum absolute atomic E-state index is 0.172. The molecular weight excluding hydrogens is 294 g/mol. The maximum absolute atomic E-state index is 12.9. The second kappa shape index (κ2) is 6.88. The van der Waals surface area contributed by atoms with Gasteiger partial charge in [0.25, 0.3) is 0 Å². The van der Waals surface area contributed by atoms with Crippen molar-refractivity contribution in [3.63, 3.8) is 0 Å². The molecule has 2 aromatic carbocycles. The standard InChI is InChI=1S/C22H23NO/c1-15-3-5-17(6-4-15)13-19-11-16(2)12-20(22(19)24)14-18-7-9-21(23)10-8-18/h3-10,13-14,16H,11-12,23H2,1-2H3. The van der Waals surface area contributed by atoms with E-state index in [-0.39, 0.29) is 5.78 Å². The van der Waals surface area contributed by atoms with E-state index in [1.807, 2.05) is 36.4 Å². The van der Waals surface area contributed by atoms with Gasteiger partial charge in [0.1, 0.15) is 0 Å². The molecule has 122 valence electrons. The van der Waals surface area contributed by atoms with Gasteiger partial charge in [-0.05, 0) is 61.1 Å². The topological polar surface area (TPSA) is 43.1 Å². The summed E-state index contributed by atoms with van der Waals surface area (Å²) in [5.41, 5.74) is 11.6. The zero-order valence-electron chi connectivity index (χ0n) is 14.3. The Balaban J connectivity index is 1.90. The number of Topliss-reactive ketones (excluding diaryl/α,β-unsaturated/α-hetero) is 1. The van der Waals surface area contributed by atoms with E-state index in [0.29, 0.717) is 5.92 Å². The van der Waals surface area contributed by atoms with Gasteiger partial charge >= 0.3 is 0 Å². The first-order valence-corrected chi connectivity index (χ1v) is 8.39. The van der Waals surface area contributed by atoms with Crippen molar-refractivity contribution in [2.75, 3.05) is 5.73 Å². The number of nitrogen functional groups attached to an aromatic ring is 1. The van der Waals surface area contributed by atoms with Gasteiger partial charge in [-0.25, -0.2) is 0 Å². The molecule has 0 saturated heterocycles. The molecule has 1 saturated carbocycles. The molecule has 1 aliphatic rings. The molecule has 0 spiro atoms. The Morgan fingerprint density at radius 3 is 1.83 bits per heavy atom. The summed E-state index contributed by atoms with van der Waals surface area (Å²) < 4.78 is 0. The molecule has 1 fully saturated rings. The Bertz CT molecular complexity index is 727. The third-order valence-corrected chi connectivity index (χ3v) is 4.42. The molecule has 2 heteroatoms. The molecule has 1 atom stereocenters. The molecule has 2 N–H and O–H groups in total. The summed E-state index contributed by atoms with van der Waals surface area (Å²) >= 11 is 0. The largest absolute Gasteiger partial charge is 0.399 e. The van der Waals surface area contributed by atoms with Crippen LogP contribution in [0.15, 0.2) is 59.7 Å². The lowest BCUT2D eigenvalue weighted by molar-refractivity contribution is -0.113. The number of anilines is 1. The Hall–Kier alpha value is -2.61. The van der Waals surface area contributed by atoms with Crippen LogP contribution in [0.1, 0.15) is 36.5 Å². The van der Waals surface area contributed by atoms with Crippen molar-refractivity contribution in [3.05, 3.63) is 76.4 Å². The summed E-state index contributed by atoms with van der Waals surface area (Å²) in [4.78, 5) is 12.9. The van der Waals surface area contributed by atoms with Crippen LogP contribution in [0.4, 0.5) is 5.69 Å². The number of nitrogens with two attached hydrogens (primary N) is 1. The van der Waals surface area contributed by atoms with Crippen LogP contribution in [0.5, 0.6) is 0 Å². The number of hydrogen-bond acceptors (Lipinski definition) is 2. The summed E-state index contributed by atoms with van der Waals surface area (Å²) in [6, 6.07) is 15.9. The number of allylic oxidation sites excluding steroid dienone is 2. The van der Waals surface area contributed by atoms with Gasteiger partial charge in [-0.3, -0.25) is 4.79 Å². The molecule has 0 bridgehead atoms. The van der Waals surface area contributed by atoms with Crippen molar-refractivity contribution in [1.29, 1.82) is 0 Å². The molecule has 0 aromatic heterocycles. The lowest BCUT2D eigenvalue weighted by Gasteiger charge is -2.22. The number of rotatable bonds is 2. The monoisotopic (exact) mass is 317 g/mol. The third-order valence-electron chi connectivity index (χ3n) is 4.42. The molecule has 2 aromatic rings. The Kier molecular flexibility index (Phi) is 4.66. The van der Waals surface area contributed by atoms with E-state index in [4.69, 9.17) is 5.73 Å². The Morgan fingerprint density at radius 2 is 1.33 bits per heavy atom. The van der Waals surface area contributed by atoms with E-state index in [1.165, 1.54) is 5.56 Å². The van der Waals surface area contributed by atoms with Crippen molar-refractivity contribution in [3.8, 4) is 0 Å². The van der Waals surface area contributed by atoms with Crippen LogP contribution in [-0.2, 0) is 4.79 Å². The van der Waals surface area contributed by atoms with Gasteiger partial charge in [-0.1, -0.05) is 48.9 Å². The Morgan fingerprint density at radius 1 is 0.875 bits per heavy atom. The molecule has 1 unspecified atom stereocenters. The highest BCUT2D eigenvalue weighted by Crippen LogP contribution is 2.32. The van der Waals surface area contributed by atoms with Gasteiger partial charge in [0, 0.05) is 16.8 Å². The normalized spacial score (nSPS) is 21.4. The zero-order chi connectivity index (χ0) is 17.1. The lowest BCUT2D eigenvalue weighted by atomic mass is 9.81. The molecule has 1 aliphatic carbocycles. The van der Waals surface area contributed by atoms with Crippen LogP contribution >= 0.6 is 0 Å². The van der Waals surface area contributed by atoms with Crippen molar-refractivity contribution in [1.82, 2.24) is 0 Å². The summed E-state index contributed by atoms with van der Waals surface area (Å²) in [6.45, 7) is 4.27. The lowest BCUT2D eigenvalue weighted by Crippen LogP contribution is -2.18. The van der Waals surface area contributed by atoms with Crippen LogP contribution in [0.25, 0.3) is 12.2 Å². The highest BCUT2D eigenvalue weighted by atomic mass is 16.1. The number of hydrogen-bond donors (Lipinski definition) is 1. The smallest absolute Gasteiger partial charge is 0.185 e. The second-order valence-corrected chi connectivity index (χ2v) is 6.76. The fourth-order valence-corrected chi connectivity index (χ4v) is 3.12. The third kappa shape index (κ3) is 3.83. The first-order chi connectivity index (χ1) is 11.5. The van der Waals surface area contributed by atoms with Gasteiger partial charge in [-0.2, -0.15) is 0 Å². The van der Waals surface area contributed by atoms with E-state index in [1.54, 1.807) is 0 Å². The van der Waals surface area contributed by atoms with Gasteiger partial charge in [0.2, 0.25) is 0 Å². The van der Waals surface area contributed by atoms with Crippen LogP contribution in [-0.4, -0.2) is 5.78 Å². The fourth-order valence-electron chi connectivity index (χ4n) is 3.12. The molecule has 0 radical (unpaired) electrons. The van der Waals surface area contributed by atoms with Crippen LogP contribution in [0, 0.1) is 12.8 Å². The molecule has 3 rings (SSSR count). The van der Waals surface area contributed by atoms with Crippen molar-refractivity contribution in [2.24, 2.45) is 5.92 Å². The van der Waals surface area contributed by atoms with E-state index in [9.17, 15) is 4.79 Å². The predicted molar refractivity (Wildman–Crippen MR) is 101 cm³/mol. The highest BCUT2D eigenvalue weighted by Gasteiger charge is 2.25. The van der Waals surface area contributed by atoms with Crippen molar-refractivity contribution in [2.45, 2.75) is 26.7 Å². The van der Waals surface area contributed by atoms with Gasteiger partial charge in [-0.15, -0.1) is 0 Å². The number of benzene rings is 2. The van der Waals surface area contributed by atoms with Crippen molar-refractivity contribution < 1.29 is 4.79 Å². The summed E-state index contributed by atoms with van der Waals surface area (Å²) in [6.07, 6.45) is 5.70. The summed E-state index contributed by atoms with van der Waals surface area (Å²) in [7, 11) is 0.